The summed E-state index contributed by atoms with van der Waals surface area (Å²) < 4.78 is 42.2. The van der Waals surface area contributed by atoms with Crippen LogP contribution in [0, 0.1) is 0 Å². The zero-order valence-corrected chi connectivity index (χ0v) is 20.9. The minimum atomic E-state index is -5.08. The second-order valence-electron chi connectivity index (χ2n) is 8.40. The summed E-state index contributed by atoms with van der Waals surface area (Å²) in [4.78, 5) is 48.5. The van der Waals surface area contributed by atoms with Crippen molar-refractivity contribution in [1.82, 2.24) is 19.8 Å². The van der Waals surface area contributed by atoms with Crippen LogP contribution in [-0.4, -0.2) is 102 Å². The van der Waals surface area contributed by atoms with E-state index in [1.165, 1.54) is 4.90 Å². The van der Waals surface area contributed by atoms with Crippen LogP contribution in [0.15, 0.2) is 30.3 Å². The van der Waals surface area contributed by atoms with Gasteiger partial charge in [0.2, 0.25) is 17.7 Å². The first-order valence-electron chi connectivity index (χ1n) is 11.7. The summed E-state index contributed by atoms with van der Waals surface area (Å²) in [6.45, 7) is 4.82. The number of aromatic nitrogens is 2. The molecular formula is C24H28F3N5O6. The number of hydrogen-bond donors (Lipinski definition) is 1. The van der Waals surface area contributed by atoms with Crippen molar-refractivity contribution in [1.29, 1.82) is 0 Å². The number of ether oxygens (including phenoxy) is 2. The van der Waals surface area contributed by atoms with Gasteiger partial charge in [0, 0.05) is 32.7 Å². The standard InChI is InChI=1S/C22H27N5O4.C2HF3O2/c1-30-18-15-19(31-2)24-22(23-18)26-13-11-25(12-14-26)9-5-6-10-27-20(28)16-7-3-4-8-17(16)21(27)29;3-2(4,5)1(6)7/h3-4,7-8,15H,5-6,9-14H2,1-2H3;(H,6,7). The number of carboxylic acids is 1. The number of hydrogen-bond acceptors (Lipinski definition) is 9. The average Bonchev–Trinajstić information content (AvgIpc) is 3.15. The number of carboxylic acid groups (broad SMARTS) is 1. The molecule has 2 aliphatic rings. The number of benzene rings is 1. The molecular weight excluding hydrogens is 511 g/mol. The number of carbonyl (C=O) groups is 3. The number of amides is 2. The van der Waals surface area contributed by atoms with Crippen LogP contribution in [0.2, 0.25) is 0 Å². The molecule has 0 radical (unpaired) electrons. The van der Waals surface area contributed by atoms with Gasteiger partial charge in [-0.3, -0.25) is 19.4 Å². The van der Waals surface area contributed by atoms with Gasteiger partial charge in [0.15, 0.2) is 0 Å². The maximum atomic E-state index is 12.4. The summed E-state index contributed by atoms with van der Waals surface area (Å²) in [7, 11) is 3.15. The number of halogens is 3. The molecule has 11 nitrogen and oxygen atoms in total. The Morgan fingerprint density at radius 3 is 1.84 bits per heavy atom. The van der Waals surface area contributed by atoms with E-state index in [-0.39, 0.29) is 11.8 Å². The quantitative estimate of drug-likeness (QED) is 0.395. The first kappa shape index (κ1) is 28.6. The van der Waals surface area contributed by atoms with E-state index in [1.807, 2.05) is 0 Å². The van der Waals surface area contributed by atoms with Crippen molar-refractivity contribution in [3.63, 3.8) is 0 Å². The van der Waals surface area contributed by atoms with Gasteiger partial charge < -0.3 is 19.5 Å². The Morgan fingerprint density at radius 1 is 0.921 bits per heavy atom. The number of aliphatic carboxylic acids is 1. The lowest BCUT2D eigenvalue weighted by Crippen LogP contribution is -2.47. The predicted octanol–water partition coefficient (Wildman–Crippen LogP) is 2.33. The SMILES string of the molecule is COc1cc(OC)nc(N2CCN(CCCCN3C(=O)c4ccccc4C3=O)CC2)n1.O=C(O)C(F)(F)F. The zero-order valence-electron chi connectivity index (χ0n) is 20.9. The van der Waals surface area contributed by atoms with Crippen LogP contribution in [0.3, 0.4) is 0 Å². The molecule has 0 bridgehead atoms. The van der Waals surface area contributed by atoms with Crippen molar-refractivity contribution in [2.24, 2.45) is 0 Å². The van der Waals surface area contributed by atoms with Crippen LogP contribution in [0.4, 0.5) is 19.1 Å². The molecule has 206 valence electrons. The number of fused-ring (bicyclic) bond motifs is 1. The number of nitrogens with zero attached hydrogens (tertiary/aromatic N) is 5. The number of methoxy groups -OCH3 is 2. The molecule has 0 aliphatic carbocycles. The lowest BCUT2D eigenvalue weighted by atomic mass is 10.1. The van der Waals surface area contributed by atoms with Crippen LogP contribution < -0.4 is 14.4 Å². The average molecular weight is 540 g/mol. The Morgan fingerprint density at radius 2 is 1.39 bits per heavy atom. The van der Waals surface area contributed by atoms with Crippen LogP contribution in [0.1, 0.15) is 33.6 Å². The smallest absolute Gasteiger partial charge is 0.481 e. The zero-order chi connectivity index (χ0) is 27.9. The molecule has 1 aromatic carbocycles. The number of rotatable bonds is 8. The Kier molecular flexibility index (Phi) is 9.45. The Hall–Kier alpha value is -3.94. The highest BCUT2D eigenvalue weighted by Gasteiger charge is 2.38. The van der Waals surface area contributed by atoms with E-state index in [1.54, 1.807) is 44.6 Å². The molecule has 14 heteroatoms. The molecule has 0 saturated carbocycles. The lowest BCUT2D eigenvalue weighted by Gasteiger charge is -2.34. The number of alkyl halides is 3. The summed E-state index contributed by atoms with van der Waals surface area (Å²) in [5.74, 6) is -1.53. The summed E-state index contributed by atoms with van der Waals surface area (Å²) in [6, 6.07) is 8.68. The minimum absolute atomic E-state index is 0.178. The molecule has 3 heterocycles. The van der Waals surface area contributed by atoms with Gasteiger partial charge >= 0.3 is 12.1 Å². The van der Waals surface area contributed by atoms with Gasteiger partial charge in [0.1, 0.15) is 0 Å². The third kappa shape index (κ3) is 7.09. The van der Waals surface area contributed by atoms with Gasteiger partial charge in [-0.05, 0) is 31.5 Å². The molecule has 1 saturated heterocycles. The maximum absolute atomic E-state index is 12.4. The van der Waals surface area contributed by atoms with Gasteiger partial charge in [0.05, 0.1) is 31.4 Å². The third-order valence-electron chi connectivity index (χ3n) is 5.97. The fraction of sp³-hybridized carbons (Fsp3) is 0.458. The molecule has 0 unspecified atom stereocenters. The van der Waals surface area contributed by atoms with E-state index in [0.717, 1.165) is 45.6 Å². The largest absolute Gasteiger partial charge is 0.490 e. The van der Waals surface area contributed by atoms with E-state index in [9.17, 15) is 22.8 Å². The van der Waals surface area contributed by atoms with Crippen molar-refractivity contribution in [3.05, 3.63) is 41.5 Å². The van der Waals surface area contributed by atoms with E-state index in [2.05, 4.69) is 19.8 Å². The summed E-state index contributed by atoms with van der Waals surface area (Å²) >= 11 is 0. The Balaban J connectivity index is 0.000000505. The third-order valence-corrected chi connectivity index (χ3v) is 5.97. The molecule has 2 amide bonds. The van der Waals surface area contributed by atoms with Crippen LogP contribution in [0.25, 0.3) is 0 Å². The molecule has 2 aromatic rings. The fourth-order valence-corrected chi connectivity index (χ4v) is 3.96. The first-order valence-corrected chi connectivity index (χ1v) is 11.7. The van der Waals surface area contributed by atoms with Gasteiger partial charge in [0.25, 0.3) is 11.8 Å². The minimum Gasteiger partial charge on any atom is -0.481 e. The van der Waals surface area contributed by atoms with Crippen LogP contribution in [0.5, 0.6) is 11.8 Å². The summed E-state index contributed by atoms with van der Waals surface area (Å²) in [5, 5.41) is 7.12. The van der Waals surface area contributed by atoms with Gasteiger partial charge in [-0.2, -0.15) is 23.1 Å². The van der Waals surface area contributed by atoms with Crippen molar-refractivity contribution < 1.29 is 42.1 Å². The normalized spacial score (nSPS) is 15.6. The number of carbonyl (C=O) groups excluding carboxylic acids is 2. The topological polar surface area (TPSA) is 125 Å². The van der Waals surface area contributed by atoms with Crippen molar-refractivity contribution >= 4 is 23.7 Å². The monoisotopic (exact) mass is 539 g/mol. The molecule has 1 fully saturated rings. The van der Waals surface area contributed by atoms with Crippen molar-refractivity contribution in [3.8, 4) is 11.8 Å². The van der Waals surface area contributed by atoms with E-state index < -0.39 is 12.1 Å². The number of piperazine rings is 1. The highest BCUT2D eigenvalue weighted by Crippen LogP contribution is 2.23. The second kappa shape index (κ2) is 12.5. The first-order chi connectivity index (χ1) is 18.0. The van der Waals surface area contributed by atoms with Gasteiger partial charge in [-0.1, -0.05) is 12.1 Å². The molecule has 2 aliphatic heterocycles. The fourth-order valence-electron chi connectivity index (χ4n) is 3.96. The van der Waals surface area contributed by atoms with E-state index in [0.29, 0.717) is 35.4 Å². The van der Waals surface area contributed by atoms with Gasteiger partial charge in [-0.15, -0.1) is 0 Å². The van der Waals surface area contributed by atoms with Crippen LogP contribution >= 0.6 is 0 Å². The number of imide groups is 1. The molecule has 38 heavy (non-hydrogen) atoms. The maximum Gasteiger partial charge on any atom is 0.490 e. The predicted molar refractivity (Wildman–Crippen MR) is 129 cm³/mol. The Labute approximate surface area is 216 Å². The Bertz CT molecular complexity index is 1100. The lowest BCUT2D eigenvalue weighted by molar-refractivity contribution is -0.192. The van der Waals surface area contributed by atoms with Crippen molar-refractivity contribution in [2.75, 3.05) is 58.4 Å². The van der Waals surface area contributed by atoms with Crippen LogP contribution in [-0.2, 0) is 4.79 Å². The summed E-state index contributed by atoms with van der Waals surface area (Å²) in [5.41, 5.74) is 1.03. The molecule has 1 N–H and O–H groups in total. The molecule has 1 aromatic heterocycles. The van der Waals surface area contributed by atoms with E-state index >= 15 is 0 Å². The molecule has 0 spiro atoms. The van der Waals surface area contributed by atoms with E-state index in [4.69, 9.17) is 19.4 Å². The second-order valence-corrected chi connectivity index (χ2v) is 8.40. The molecule has 0 atom stereocenters. The van der Waals surface area contributed by atoms with Crippen molar-refractivity contribution in [2.45, 2.75) is 19.0 Å². The van der Waals surface area contributed by atoms with Gasteiger partial charge in [-0.25, -0.2) is 4.79 Å². The number of unbranched alkanes of at least 4 members (excludes halogenated alkanes) is 1. The highest BCUT2D eigenvalue weighted by molar-refractivity contribution is 6.21. The highest BCUT2D eigenvalue weighted by atomic mass is 19.4. The summed E-state index contributed by atoms with van der Waals surface area (Å²) in [6.07, 6.45) is -3.36. The molecule has 4 rings (SSSR count). The number of anilines is 1.